The Morgan fingerprint density at radius 3 is 1.86 bits per heavy atom. The monoisotopic (exact) mass is 609 g/mol. The molecule has 0 spiro atoms. The Labute approximate surface area is 246 Å². The maximum absolute atomic E-state index is 13.6. The van der Waals surface area contributed by atoms with E-state index in [1.54, 1.807) is 18.2 Å². The summed E-state index contributed by atoms with van der Waals surface area (Å²) < 4.78 is 92.5. The highest BCUT2D eigenvalue weighted by Crippen LogP contribution is 2.45. The van der Waals surface area contributed by atoms with E-state index in [1.165, 1.54) is 26.2 Å². The molecule has 0 amide bonds. The number of methoxy groups -OCH3 is 1. The number of nitrogens with zero attached hydrogens (tertiary/aromatic N) is 1. The van der Waals surface area contributed by atoms with Gasteiger partial charge >= 0.3 is 12.4 Å². The van der Waals surface area contributed by atoms with Crippen molar-refractivity contribution in [3.63, 3.8) is 0 Å². The number of ketones is 1. The zero-order valence-electron chi connectivity index (χ0n) is 23.8. The molecule has 1 aliphatic heterocycles. The van der Waals surface area contributed by atoms with E-state index in [-0.39, 0.29) is 16.9 Å². The van der Waals surface area contributed by atoms with Crippen LogP contribution in [0.5, 0.6) is 11.5 Å². The molecular formula is C32H33F6NO4. The van der Waals surface area contributed by atoms with Crippen molar-refractivity contribution < 1.29 is 45.7 Å². The van der Waals surface area contributed by atoms with Crippen molar-refractivity contribution in [3.05, 3.63) is 94.5 Å². The van der Waals surface area contributed by atoms with Crippen LogP contribution in [0.2, 0.25) is 0 Å². The molecule has 1 N–H and O–H groups in total. The highest BCUT2D eigenvalue weighted by atomic mass is 19.4. The van der Waals surface area contributed by atoms with Crippen LogP contribution in [0.3, 0.4) is 0 Å². The molecule has 43 heavy (non-hydrogen) atoms. The molecule has 4 rings (SSSR count). The number of aliphatic hydroxyl groups is 1. The number of hydrogen-bond donors (Lipinski definition) is 1. The number of halogens is 6. The molecule has 3 aromatic carbocycles. The van der Waals surface area contributed by atoms with Gasteiger partial charge < -0.3 is 19.5 Å². The van der Waals surface area contributed by atoms with Crippen molar-refractivity contribution >= 4 is 5.78 Å². The Balaban J connectivity index is 1.47. The smallest absolute Gasteiger partial charge is 0.416 e. The summed E-state index contributed by atoms with van der Waals surface area (Å²) in [5.41, 5.74) is -3.74. The molecule has 0 aliphatic carbocycles. The van der Waals surface area contributed by atoms with Gasteiger partial charge in [-0.2, -0.15) is 26.3 Å². The predicted molar refractivity (Wildman–Crippen MR) is 148 cm³/mol. The molecule has 0 aromatic heterocycles. The molecule has 11 heteroatoms. The summed E-state index contributed by atoms with van der Waals surface area (Å²) in [4.78, 5) is 13.7. The molecule has 0 unspecified atom stereocenters. The molecule has 0 bridgehead atoms. The first-order valence-corrected chi connectivity index (χ1v) is 13.9. The van der Waals surface area contributed by atoms with Crippen LogP contribution in [-0.2, 0) is 18.0 Å². The molecule has 0 saturated carbocycles. The summed E-state index contributed by atoms with van der Waals surface area (Å²) in [7, 11) is 1.48. The predicted octanol–water partition coefficient (Wildman–Crippen LogP) is 7.35. The first-order chi connectivity index (χ1) is 20.2. The van der Waals surface area contributed by atoms with Crippen LogP contribution in [0.1, 0.15) is 58.8 Å². The maximum Gasteiger partial charge on any atom is 0.416 e. The van der Waals surface area contributed by atoms with Gasteiger partial charge in [0.15, 0.2) is 17.3 Å². The first-order valence-electron chi connectivity index (χ1n) is 13.9. The highest BCUT2D eigenvalue weighted by Gasteiger charge is 2.44. The van der Waals surface area contributed by atoms with Crippen LogP contribution in [0.15, 0.2) is 66.7 Å². The quantitative estimate of drug-likeness (QED) is 0.148. The van der Waals surface area contributed by atoms with Gasteiger partial charge in [-0.3, -0.25) is 4.79 Å². The number of carbonyl (C=O) groups is 1. The highest BCUT2D eigenvalue weighted by molar-refractivity contribution is 5.94. The van der Waals surface area contributed by atoms with Crippen LogP contribution in [0, 0.1) is 5.92 Å². The summed E-state index contributed by atoms with van der Waals surface area (Å²) in [6.07, 6.45) is -8.03. The van der Waals surface area contributed by atoms with Crippen LogP contribution < -0.4 is 9.47 Å². The average molecular weight is 610 g/mol. The van der Waals surface area contributed by atoms with Crippen LogP contribution >= 0.6 is 0 Å². The fraction of sp³-hybridized carbons (Fsp3) is 0.406. The van der Waals surface area contributed by atoms with Crippen molar-refractivity contribution in [2.45, 2.75) is 44.1 Å². The van der Waals surface area contributed by atoms with Gasteiger partial charge in [0, 0.05) is 12.1 Å². The van der Waals surface area contributed by atoms with E-state index < -0.39 is 35.0 Å². The maximum atomic E-state index is 13.6. The van der Waals surface area contributed by atoms with Crippen LogP contribution in [0.4, 0.5) is 26.3 Å². The Kier molecular flexibility index (Phi) is 9.76. The molecule has 1 fully saturated rings. The largest absolute Gasteiger partial charge is 0.493 e. The van der Waals surface area contributed by atoms with E-state index in [1.807, 2.05) is 0 Å². The van der Waals surface area contributed by atoms with Gasteiger partial charge in [0.2, 0.25) is 0 Å². The Morgan fingerprint density at radius 1 is 0.837 bits per heavy atom. The fourth-order valence-electron chi connectivity index (χ4n) is 5.55. The van der Waals surface area contributed by atoms with Gasteiger partial charge in [0.25, 0.3) is 0 Å². The van der Waals surface area contributed by atoms with Crippen molar-refractivity contribution in [3.8, 4) is 11.5 Å². The second kappa shape index (κ2) is 13.0. The molecule has 1 heterocycles. The number of likely N-dealkylation sites (tertiary alicyclic amines) is 1. The Hall–Kier alpha value is -3.57. The number of benzene rings is 3. The third kappa shape index (κ3) is 7.51. The summed E-state index contributed by atoms with van der Waals surface area (Å²) in [6.45, 7) is 3.42. The van der Waals surface area contributed by atoms with Gasteiger partial charge in [0.1, 0.15) is 5.60 Å². The number of carbonyl (C=O) groups excluding carboxylic acids is 1. The van der Waals surface area contributed by atoms with Gasteiger partial charge in [-0.05, 0) is 98.8 Å². The lowest BCUT2D eigenvalue weighted by atomic mass is 9.71. The SMILES string of the molecule is COc1cc(C(C)=O)ccc1OCCCN1CCC(C(O)(c2cccc(C(F)(F)F)c2)c2cccc(C(F)(F)F)c2)CC1. The molecule has 0 atom stereocenters. The van der Waals surface area contributed by atoms with Gasteiger partial charge in [0.05, 0.1) is 24.8 Å². The van der Waals surface area contributed by atoms with Crippen molar-refractivity contribution in [1.82, 2.24) is 4.90 Å². The minimum absolute atomic E-state index is 0.0961. The normalized spacial score (nSPS) is 15.4. The Morgan fingerprint density at radius 2 is 1.37 bits per heavy atom. The number of hydrogen-bond acceptors (Lipinski definition) is 5. The van der Waals surface area contributed by atoms with E-state index in [2.05, 4.69) is 4.90 Å². The molecule has 232 valence electrons. The molecule has 1 aliphatic rings. The summed E-state index contributed by atoms with van der Waals surface area (Å²) in [5.74, 6) is 0.215. The van der Waals surface area contributed by atoms with Crippen molar-refractivity contribution in [2.24, 2.45) is 5.92 Å². The third-order valence-corrected chi connectivity index (χ3v) is 7.88. The van der Waals surface area contributed by atoms with E-state index in [0.29, 0.717) is 62.6 Å². The lowest BCUT2D eigenvalue weighted by Gasteiger charge is -2.42. The lowest BCUT2D eigenvalue weighted by molar-refractivity contribution is -0.138. The molecule has 5 nitrogen and oxygen atoms in total. The van der Waals surface area contributed by atoms with Crippen molar-refractivity contribution in [2.75, 3.05) is 33.4 Å². The van der Waals surface area contributed by atoms with Gasteiger partial charge in [-0.25, -0.2) is 0 Å². The number of Topliss-reactive ketones (excluding diaryl/α,β-unsaturated/α-hetero) is 1. The number of piperidine rings is 1. The zero-order chi connectivity index (χ0) is 31.4. The third-order valence-electron chi connectivity index (χ3n) is 7.88. The number of alkyl halides is 6. The Bertz CT molecular complexity index is 1360. The standard InChI is InChI=1S/C32H33F6NO4/c1-21(40)22-10-11-28(29(18-22)42-2)43-17-5-14-39-15-12-23(13-16-39)30(41,24-6-3-8-26(19-24)31(33,34)35)25-7-4-9-27(20-25)32(36,37)38/h3-4,6-11,18-20,23,41H,5,12-17H2,1-2H3. The van der Waals surface area contributed by atoms with E-state index in [9.17, 15) is 36.2 Å². The zero-order valence-corrected chi connectivity index (χ0v) is 23.8. The summed E-state index contributed by atoms with van der Waals surface area (Å²) in [6, 6.07) is 13.3. The molecule has 1 saturated heterocycles. The summed E-state index contributed by atoms with van der Waals surface area (Å²) >= 11 is 0. The fourth-order valence-corrected chi connectivity index (χ4v) is 5.55. The molecule has 0 radical (unpaired) electrons. The molecule has 3 aromatic rings. The molecular weight excluding hydrogens is 576 g/mol. The second-order valence-electron chi connectivity index (χ2n) is 10.7. The van der Waals surface area contributed by atoms with E-state index in [0.717, 1.165) is 36.4 Å². The average Bonchev–Trinajstić information content (AvgIpc) is 2.98. The second-order valence-corrected chi connectivity index (χ2v) is 10.7. The minimum Gasteiger partial charge on any atom is -0.493 e. The van der Waals surface area contributed by atoms with Gasteiger partial charge in [-0.15, -0.1) is 0 Å². The van der Waals surface area contributed by atoms with E-state index >= 15 is 0 Å². The number of rotatable bonds is 10. The van der Waals surface area contributed by atoms with Gasteiger partial charge in [-0.1, -0.05) is 24.3 Å². The van der Waals surface area contributed by atoms with Crippen molar-refractivity contribution in [1.29, 1.82) is 0 Å². The first kappa shape index (κ1) is 32.3. The van der Waals surface area contributed by atoms with Crippen LogP contribution in [0.25, 0.3) is 0 Å². The topological polar surface area (TPSA) is 59.0 Å². The number of ether oxygens (including phenoxy) is 2. The van der Waals surface area contributed by atoms with Crippen LogP contribution in [-0.4, -0.2) is 49.1 Å². The minimum atomic E-state index is -4.68. The van der Waals surface area contributed by atoms with E-state index in [4.69, 9.17) is 9.47 Å². The lowest BCUT2D eigenvalue weighted by Crippen LogP contribution is -2.44. The summed E-state index contributed by atoms with van der Waals surface area (Å²) in [5, 5.41) is 12.1.